The van der Waals surface area contributed by atoms with Crippen LogP contribution >= 0.6 is 0 Å². The molecule has 0 bridgehead atoms. The molecule has 0 unspecified atom stereocenters. The van der Waals surface area contributed by atoms with Gasteiger partial charge in [0.25, 0.3) is 0 Å². The van der Waals surface area contributed by atoms with Gasteiger partial charge in [0.1, 0.15) is 17.3 Å². The Morgan fingerprint density at radius 2 is 1.28 bits per heavy atom. The average molecular weight is 437 g/mol. The van der Waals surface area contributed by atoms with E-state index in [0.29, 0.717) is 11.3 Å². The number of unbranched alkanes of at least 4 members (excludes halogenated alkanes) is 4. The Morgan fingerprint density at radius 1 is 0.781 bits per heavy atom. The lowest BCUT2D eigenvalue weighted by Gasteiger charge is -2.27. The maximum atomic E-state index is 10.3. The van der Waals surface area contributed by atoms with Crippen molar-refractivity contribution in [2.45, 2.75) is 104 Å². The molecule has 0 spiro atoms. The number of aliphatic hydroxyl groups is 1. The first-order valence-corrected chi connectivity index (χ1v) is 12.4. The van der Waals surface area contributed by atoms with Gasteiger partial charge in [-0.1, -0.05) is 105 Å². The number of rotatable bonds is 13. The van der Waals surface area contributed by atoms with Crippen LogP contribution in [0.4, 0.5) is 0 Å². The molecule has 2 aromatic rings. The maximum absolute atomic E-state index is 10.3. The van der Waals surface area contributed by atoms with Crippen LogP contribution in [-0.4, -0.2) is 5.11 Å². The van der Waals surface area contributed by atoms with Gasteiger partial charge in [0.2, 0.25) is 0 Å². The molecular formula is C30H44O2. The molecule has 32 heavy (non-hydrogen) atoms. The van der Waals surface area contributed by atoms with Gasteiger partial charge < -0.3 is 9.84 Å². The minimum atomic E-state index is 0.0416. The fraction of sp³-hybridized carbons (Fsp3) is 0.533. The highest BCUT2D eigenvalue weighted by atomic mass is 16.5. The minimum absolute atomic E-state index is 0.0416. The highest BCUT2D eigenvalue weighted by Gasteiger charge is 2.23. The molecule has 2 rings (SSSR count). The second-order valence-corrected chi connectivity index (χ2v) is 10.5. The molecule has 2 nitrogen and oxygen atoms in total. The minimum Gasteiger partial charge on any atom is -0.508 e. The van der Waals surface area contributed by atoms with Crippen LogP contribution < -0.4 is 4.74 Å². The fourth-order valence-corrected chi connectivity index (χ4v) is 4.29. The van der Waals surface area contributed by atoms with Crippen LogP contribution in [0.3, 0.4) is 0 Å². The molecule has 2 aromatic carbocycles. The molecule has 0 atom stereocenters. The summed E-state index contributed by atoms with van der Waals surface area (Å²) in [5.41, 5.74) is 3.40. The zero-order chi connectivity index (χ0) is 23.8. The summed E-state index contributed by atoms with van der Waals surface area (Å²) in [5, 5.41) is 10.3. The lowest BCUT2D eigenvalue weighted by Crippen LogP contribution is -2.17. The van der Waals surface area contributed by atoms with Crippen molar-refractivity contribution in [2.75, 3.05) is 0 Å². The Labute approximate surface area is 196 Å². The molecule has 0 radical (unpaired) electrons. The smallest absolute Gasteiger partial charge is 0.138 e. The normalized spacial score (nSPS) is 12.1. The first-order valence-electron chi connectivity index (χ1n) is 12.4. The fourth-order valence-electron chi connectivity index (χ4n) is 4.29. The molecule has 1 N–H and O–H groups in total. The summed E-state index contributed by atoms with van der Waals surface area (Å²) < 4.78 is 6.18. The topological polar surface area (TPSA) is 29.5 Å². The van der Waals surface area contributed by atoms with Crippen molar-refractivity contribution in [3.05, 3.63) is 65.7 Å². The Kier molecular flexibility index (Phi) is 9.43. The molecule has 0 heterocycles. The Bertz CT molecular complexity index is 859. The van der Waals surface area contributed by atoms with Gasteiger partial charge in [-0.2, -0.15) is 0 Å². The molecule has 0 aliphatic rings. The highest BCUT2D eigenvalue weighted by molar-refractivity contribution is 5.64. The third-order valence-electron chi connectivity index (χ3n) is 6.75. The summed E-state index contributed by atoms with van der Waals surface area (Å²) in [6.07, 6.45) is 9.76. The summed E-state index contributed by atoms with van der Waals surface area (Å²) >= 11 is 0. The summed E-state index contributed by atoms with van der Waals surface area (Å²) in [6, 6.07) is 14.5. The molecule has 0 saturated carbocycles. The SMILES string of the molecule is C=C(O)c1cc(C(C)(C)CCCCC)ccc1Oc1ccc(C(C)(C)CCCCC)cc1. The number of ether oxygens (including phenoxy) is 1. The second-order valence-electron chi connectivity index (χ2n) is 10.5. The number of benzene rings is 2. The van der Waals surface area contributed by atoms with E-state index in [1.807, 2.05) is 24.3 Å². The molecule has 0 aliphatic carbocycles. The Hall–Kier alpha value is -2.22. The number of aliphatic hydroxyl groups excluding tert-OH is 1. The average Bonchev–Trinajstić information content (AvgIpc) is 2.74. The molecule has 176 valence electrons. The molecule has 0 saturated heterocycles. The van der Waals surface area contributed by atoms with E-state index in [1.165, 1.54) is 56.1 Å². The van der Waals surface area contributed by atoms with Gasteiger partial charge >= 0.3 is 0 Å². The summed E-state index contributed by atoms with van der Waals surface area (Å²) in [5.74, 6) is 1.45. The second kappa shape index (κ2) is 11.6. The lowest BCUT2D eigenvalue weighted by atomic mass is 9.79. The first-order chi connectivity index (χ1) is 15.1. The largest absolute Gasteiger partial charge is 0.508 e. The van der Waals surface area contributed by atoms with Crippen LogP contribution in [0.5, 0.6) is 11.5 Å². The van der Waals surface area contributed by atoms with Crippen molar-refractivity contribution < 1.29 is 9.84 Å². The molecule has 0 aromatic heterocycles. The standard InChI is InChI=1S/C30H44O2/c1-8-10-12-20-29(4,5)24-14-17-26(18-15-24)32-28-19-16-25(22-27(28)23(3)31)30(6,7)21-13-11-9-2/h14-19,22,31H,3,8-13,20-21H2,1-2,4-7H3. The third-order valence-corrected chi connectivity index (χ3v) is 6.75. The third kappa shape index (κ3) is 7.15. The van der Waals surface area contributed by atoms with Gasteiger partial charge in [0.15, 0.2) is 0 Å². The van der Waals surface area contributed by atoms with Gasteiger partial charge in [0, 0.05) is 0 Å². The monoisotopic (exact) mass is 436 g/mol. The van der Waals surface area contributed by atoms with Crippen molar-refractivity contribution >= 4 is 5.76 Å². The quantitative estimate of drug-likeness (QED) is 0.250. The lowest BCUT2D eigenvalue weighted by molar-refractivity contribution is 0.442. The van der Waals surface area contributed by atoms with Crippen LogP contribution in [0.2, 0.25) is 0 Å². The van der Waals surface area contributed by atoms with Crippen LogP contribution in [0.25, 0.3) is 5.76 Å². The highest BCUT2D eigenvalue weighted by Crippen LogP contribution is 2.37. The summed E-state index contributed by atoms with van der Waals surface area (Å²) in [7, 11) is 0. The molecule has 0 fully saturated rings. The Balaban J connectivity index is 2.19. The van der Waals surface area contributed by atoms with Gasteiger partial charge in [-0.25, -0.2) is 0 Å². The van der Waals surface area contributed by atoms with E-state index in [4.69, 9.17) is 4.74 Å². The van der Waals surface area contributed by atoms with Crippen molar-refractivity contribution in [3.8, 4) is 11.5 Å². The molecule has 0 amide bonds. The van der Waals surface area contributed by atoms with Crippen LogP contribution in [0.1, 0.15) is 110 Å². The molecular weight excluding hydrogens is 392 g/mol. The molecule has 2 heteroatoms. The maximum Gasteiger partial charge on any atom is 0.138 e. The molecule has 0 aliphatic heterocycles. The van der Waals surface area contributed by atoms with Crippen LogP contribution in [0, 0.1) is 0 Å². The van der Waals surface area contributed by atoms with Crippen molar-refractivity contribution in [2.24, 2.45) is 0 Å². The van der Waals surface area contributed by atoms with Crippen LogP contribution in [0.15, 0.2) is 49.0 Å². The van der Waals surface area contributed by atoms with Gasteiger partial charge in [-0.3, -0.25) is 0 Å². The van der Waals surface area contributed by atoms with E-state index in [1.54, 1.807) is 0 Å². The predicted molar refractivity (Wildman–Crippen MR) is 139 cm³/mol. The van der Waals surface area contributed by atoms with E-state index in [-0.39, 0.29) is 16.6 Å². The zero-order valence-corrected chi connectivity index (χ0v) is 21.3. The van der Waals surface area contributed by atoms with Gasteiger partial charge in [0.05, 0.1) is 5.56 Å². The van der Waals surface area contributed by atoms with Gasteiger partial charge in [-0.05, 0) is 59.1 Å². The number of hydrogen-bond acceptors (Lipinski definition) is 2. The van der Waals surface area contributed by atoms with E-state index < -0.39 is 0 Å². The van der Waals surface area contributed by atoms with E-state index in [0.717, 1.165) is 12.2 Å². The van der Waals surface area contributed by atoms with Crippen LogP contribution in [-0.2, 0) is 10.8 Å². The van der Waals surface area contributed by atoms with E-state index in [2.05, 4.69) is 66.3 Å². The summed E-state index contributed by atoms with van der Waals surface area (Å²) in [4.78, 5) is 0. The first kappa shape index (κ1) is 26.0. The van der Waals surface area contributed by atoms with E-state index in [9.17, 15) is 5.11 Å². The van der Waals surface area contributed by atoms with Gasteiger partial charge in [-0.15, -0.1) is 0 Å². The van der Waals surface area contributed by atoms with Crippen molar-refractivity contribution in [1.82, 2.24) is 0 Å². The summed E-state index contributed by atoms with van der Waals surface area (Å²) in [6.45, 7) is 17.4. The van der Waals surface area contributed by atoms with Crippen molar-refractivity contribution in [1.29, 1.82) is 0 Å². The zero-order valence-electron chi connectivity index (χ0n) is 21.3. The number of hydrogen-bond donors (Lipinski definition) is 1. The van der Waals surface area contributed by atoms with E-state index >= 15 is 0 Å². The van der Waals surface area contributed by atoms with Crippen molar-refractivity contribution in [3.63, 3.8) is 0 Å². The predicted octanol–water partition coefficient (Wildman–Crippen LogP) is 9.72. The Morgan fingerprint density at radius 3 is 1.78 bits per heavy atom.